The summed E-state index contributed by atoms with van der Waals surface area (Å²) in [4.78, 5) is 28.0. The van der Waals surface area contributed by atoms with Crippen molar-refractivity contribution < 1.29 is 23.9 Å². The Morgan fingerprint density at radius 2 is 1.90 bits per heavy atom. The number of aromatic nitrogens is 1. The number of nitrogens with zero attached hydrogens (tertiary/aromatic N) is 3. The average molecular weight is 417 g/mol. The van der Waals surface area contributed by atoms with Gasteiger partial charge in [-0.15, -0.1) is 0 Å². The van der Waals surface area contributed by atoms with E-state index < -0.39 is 10.8 Å². The number of hydrogen-bond acceptors (Lipinski definition) is 7. The first kappa shape index (κ1) is 20.5. The lowest BCUT2D eigenvalue weighted by Gasteiger charge is -2.08. The van der Waals surface area contributed by atoms with Crippen molar-refractivity contribution in [3.05, 3.63) is 56.9 Å². The van der Waals surface area contributed by atoms with Gasteiger partial charge in [0.1, 0.15) is 0 Å². The number of non-ortho nitro benzene ring substituents is 1. The highest BCUT2D eigenvalue weighted by Gasteiger charge is 2.14. The number of nitro groups is 1. The summed E-state index contributed by atoms with van der Waals surface area (Å²) in [7, 11) is 4.57. The van der Waals surface area contributed by atoms with Crippen molar-refractivity contribution >= 4 is 33.1 Å². The van der Waals surface area contributed by atoms with Gasteiger partial charge in [-0.1, -0.05) is 11.3 Å². The number of amides is 1. The van der Waals surface area contributed by atoms with E-state index in [0.717, 1.165) is 5.52 Å². The summed E-state index contributed by atoms with van der Waals surface area (Å²) in [6.45, 7) is 0.854. The molecule has 0 aliphatic heterocycles. The Bertz CT molecular complexity index is 1130. The summed E-state index contributed by atoms with van der Waals surface area (Å²) >= 11 is 1.21. The molecule has 0 atom stereocenters. The first-order valence-electron chi connectivity index (χ1n) is 8.56. The van der Waals surface area contributed by atoms with Gasteiger partial charge >= 0.3 is 0 Å². The number of methoxy groups -OCH3 is 3. The van der Waals surface area contributed by atoms with E-state index in [0.29, 0.717) is 39.7 Å². The van der Waals surface area contributed by atoms with Crippen molar-refractivity contribution in [2.45, 2.75) is 6.54 Å². The average Bonchev–Trinajstić information content (AvgIpc) is 3.07. The fourth-order valence-electron chi connectivity index (χ4n) is 2.78. The molecule has 0 bridgehead atoms. The van der Waals surface area contributed by atoms with Gasteiger partial charge in [0.2, 0.25) is 0 Å². The van der Waals surface area contributed by atoms with Gasteiger partial charge in [-0.2, -0.15) is 4.99 Å². The van der Waals surface area contributed by atoms with E-state index in [2.05, 4.69) is 4.99 Å². The lowest BCUT2D eigenvalue weighted by atomic mass is 10.2. The molecule has 10 heteroatoms. The van der Waals surface area contributed by atoms with E-state index in [1.807, 2.05) is 4.57 Å². The first-order valence-corrected chi connectivity index (χ1v) is 9.38. The standard InChI is InChI=1S/C19H19N3O6S/c1-26-9-8-21-14-6-5-13(22(24)25)11-17(14)29-19(21)20-18(23)12-4-7-15(27-2)16(10-12)28-3/h4-7,10-11H,8-9H2,1-3H3. The Labute approximate surface area is 169 Å². The maximum Gasteiger partial charge on any atom is 0.279 e. The number of fused-ring (bicyclic) bond motifs is 1. The molecule has 0 radical (unpaired) electrons. The number of nitro benzene ring substituents is 1. The van der Waals surface area contributed by atoms with Gasteiger partial charge in [-0.3, -0.25) is 14.9 Å². The summed E-state index contributed by atoms with van der Waals surface area (Å²) in [6, 6.07) is 9.35. The molecule has 0 N–H and O–H groups in total. The zero-order valence-corrected chi connectivity index (χ0v) is 16.9. The number of carbonyl (C=O) groups is 1. The van der Waals surface area contributed by atoms with Crippen LogP contribution in [0.3, 0.4) is 0 Å². The summed E-state index contributed by atoms with van der Waals surface area (Å²) in [5.41, 5.74) is 1.07. The summed E-state index contributed by atoms with van der Waals surface area (Å²) in [6.07, 6.45) is 0. The highest BCUT2D eigenvalue weighted by atomic mass is 32.1. The van der Waals surface area contributed by atoms with Gasteiger partial charge in [0.25, 0.3) is 11.6 Å². The molecule has 29 heavy (non-hydrogen) atoms. The summed E-state index contributed by atoms with van der Waals surface area (Å²) in [5.74, 6) is 0.472. The van der Waals surface area contributed by atoms with Crippen molar-refractivity contribution in [3.63, 3.8) is 0 Å². The van der Waals surface area contributed by atoms with E-state index in [1.54, 1.807) is 31.4 Å². The molecule has 0 aliphatic carbocycles. The van der Waals surface area contributed by atoms with Crippen molar-refractivity contribution in [2.24, 2.45) is 4.99 Å². The lowest BCUT2D eigenvalue weighted by molar-refractivity contribution is -0.384. The number of hydrogen-bond donors (Lipinski definition) is 0. The fraction of sp³-hybridized carbons (Fsp3) is 0.263. The SMILES string of the molecule is COCCn1c(=NC(=O)c2ccc(OC)c(OC)c2)sc2cc([N+](=O)[O-])ccc21. The third kappa shape index (κ3) is 4.28. The van der Waals surface area contributed by atoms with E-state index in [9.17, 15) is 14.9 Å². The van der Waals surface area contributed by atoms with Crippen LogP contribution in [0.1, 0.15) is 10.4 Å². The number of carbonyl (C=O) groups excluding carboxylic acids is 1. The predicted molar refractivity (Wildman–Crippen MR) is 108 cm³/mol. The van der Waals surface area contributed by atoms with Crippen molar-refractivity contribution in [3.8, 4) is 11.5 Å². The Hall–Kier alpha value is -3.24. The molecule has 0 fully saturated rings. The van der Waals surface area contributed by atoms with Crippen LogP contribution in [0.2, 0.25) is 0 Å². The zero-order chi connectivity index (χ0) is 21.0. The minimum Gasteiger partial charge on any atom is -0.493 e. The Morgan fingerprint density at radius 1 is 1.14 bits per heavy atom. The Morgan fingerprint density at radius 3 is 2.55 bits per heavy atom. The maximum atomic E-state index is 12.8. The zero-order valence-electron chi connectivity index (χ0n) is 16.1. The monoisotopic (exact) mass is 417 g/mol. The molecular formula is C19H19N3O6S. The van der Waals surface area contributed by atoms with Crippen LogP contribution in [-0.4, -0.2) is 43.3 Å². The summed E-state index contributed by atoms with van der Waals surface area (Å²) in [5, 5.41) is 11.1. The Balaban J connectivity index is 2.10. The molecule has 0 saturated heterocycles. The van der Waals surface area contributed by atoms with Crippen LogP contribution in [0.25, 0.3) is 10.2 Å². The Kier molecular flexibility index (Phi) is 6.25. The van der Waals surface area contributed by atoms with Crippen LogP contribution >= 0.6 is 11.3 Å². The number of rotatable bonds is 7. The van der Waals surface area contributed by atoms with E-state index >= 15 is 0 Å². The molecule has 152 valence electrons. The molecule has 1 heterocycles. The third-order valence-corrected chi connectivity index (χ3v) is 5.27. The van der Waals surface area contributed by atoms with Crippen LogP contribution in [0, 0.1) is 10.1 Å². The topological polar surface area (TPSA) is 105 Å². The second-order valence-corrected chi connectivity index (χ2v) is 6.93. The molecule has 0 saturated carbocycles. The van der Waals surface area contributed by atoms with Gasteiger partial charge in [0.05, 0.1) is 36.0 Å². The molecule has 0 aliphatic rings. The predicted octanol–water partition coefficient (Wildman–Crippen LogP) is 3.02. The van der Waals surface area contributed by atoms with Crippen LogP contribution < -0.4 is 14.3 Å². The maximum absolute atomic E-state index is 12.8. The quantitative estimate of drug-likeness (QED) is 0.432. The largest absolute Gasteiger partial charge is 0.493 e. The lowest BCUT2D eigenvalue weighted by Crippen LogP contribution is -2.19. The van der Waals surface area contributed by atoms with E-state index in [-0.39, 0.29) is 5.69 Å². The van der Waals surface area contributed by atoms with Crippen molar-refractivity contribution in [2.75, 3.05) is 27.9 Å². The smallest absolute Gasteiger partial charge is 0.279 e. The number of ether oxygens (including phenoxy) is 3. The molecule has 2 aromatic carbocycles. The van der Waals surface area contributed by atoms with E-state index in [4.69, 9.17) is 14.2 Å². The number of thiazole rings is 1. The molecule has 0 spiro atoms. The van der Waals surface area contributed by atoms with Gasteiger partial charge in [-0.25, -0.2) is 0 Å². The normalized spacial score (nSPS) is 11.6. The van der Waals surface area contributed by atoms with Crippen LogP contribution in [0.15, 0.2) is 41.4 Å². The highest BCUT2D eigenvalue weighted by Crippen LogP contribution is 2.28. The summed E-state index contributed by atoms with van der Waals surface area (Å²) < 4.78 is 18.0. The molecule has 1 aromatic heterocycles. The van der Waals surface area contributed by atoms with Crippen LogP contribution in [0.4, 0.5) is 5.69 Å². The number of benzene rings is 2. The molecule has 1 amide bonds. The molecular weight excluding hydrogens is 398 g/mol. The molecule has 0 unspecified atom stereocenters. The second-order valence-electron chi connectivity index (χ2n) is 5.92. The van der Waals surface area contributed by atoms with Crippen LogP contribution in [-0.2, 0) is 11.3 Å². The van der Waals surface area contributed by atoms with Gasteiger partial charge in [0.15, 0.2) is 16.3 Å². The minimum absolute atomic E-state index is 0.0181. The molecule has 3 aromatic rings. The van der Waals surface area contributed by atoms with Crippen molar-refractivity contribution in [1.82, 2.24) is 4.57 Å². The van der Waals surface area contributed by atoms with Gasteiger partial charge in [-0.05, 0) is 24.3 Å². The fourth-order valence-corrected chi connectivity index (χ4v) is 3.87. The second kappa shape index (κ2) is 8.84. The first-order chi connectivity index (χ1) is 14.0. The van der Waals surface area contributed by atoms with E-state index in [1.165, 1.54) is 37.7 Å². The highest BCUT2D eigenvalue weighted by molar-refractivity contribution is 7.16. The molecule has 3 rings (SSSR count). The van der Waals surface area contributed by atoms with Crippen LogP contribution in [0.5, 0.6) is 11.5 Å². The van der Waals surface area contributed by atoms with Gasteiger partial charge in [0, 0.05) is 31.4 Å². The van der Waals surface area contributed by atoms with Gasteiger partial charge < -0.3 is 18.8 Å². The molecule has 9 nitrogen and oxygen atoms in total. The van der Waals surface area contributed by atoms with Crippen molar-refractivity contribution in [1.29, 1.82) is 0 Å². The third-order valence-electron chi connectivity index (χ3n) is 4.22. The minimum atomic E-state index is -0.460.